The molecule has 0 bridgehead atoms. The van der Waals surface area contributed by atoms with Crippen molar-refractivity contribution in [3.05, 3.63) is 16.1 Å². The van der Waals surface area contributed by atoms with Crippen molar-refractivity contribution in [2.24, 2.45) is 0 Å². The van der Waals surface area contributed by atoms with Gasteiger partial charge in [-0.15, -0.1) is 36.2 Å². The molecule has 0 fully saturated rings. The zero-order chi connectivity index (χ0) is 14.8. The molecule has 0 aliphatic rings. The van der Waals surface area contributed by atoms with Crippen molar-refractivity contribution < 1.29 is 14.3 Å². The number of amides is 1. The average molecular weight is 374 g/mol. The highest BCUT2D eigenvalue weighted by Crippen LogP contribution is 2.22. The van der Waals surface area contributed by atoms with Crippen molar-refractivity contribution in [3.8, 4) is 0 Å². The van der Waals surface area contributed by atoms with Crippen molar-refractivity contribution in [3.63, 3.8) is 0 Å². The van der Waals surface area contributed by atoms with Gasteiger partial charge in [-0.3, -0.25) is 4.79 Å². The first kappa shape index (κ1) is 23.8. The highest BCUT2D eigenvalue weighted by atomic mass is 35.5. The molecule has 9 heteroatoms. The number of thiazole rings is 1. The third-order valence-corrected chi connectivity index (χ3v) is 3.74. The second-order valence-electron chi connectivity index (χ2n) is 4.16. The first-order chi connectivity index (χ1) is 9.69. The molecule has 0 spiro atoms. The average Bonchev–Trinajstić information content (AvgIpc) is 2.92. The largest absolute Gasteiger partial charge is 0.383 e. The van der Waals surface area contributed by atoms with E-state index in [0.717, 1.165) is 18.1 Å². The number of rotatable bonds is 10. The van der Waals surface area contributed by atoms with Crippen LogP contribution in [0.1, 0.15) is 34.6 Å². The molecular formula is C13H25Cl2N3O3S. The number of nitrogens with one attached hydrogen (secondary N) is 2. The Kier molecular flexibility index (Phi) is 15.3. The zero-order valence-corrected chi connectivity index (χ0v) is 15.5. The van der Waals surface area contributed by atoms with Gasteiger partial charge in [-0.2, -0.15) is 0 Å². The number of nitrogens with zero attached hydrogens (tertiary/aromatic N) is 1. The number of aromatic nitrogens is 1. The van der Waals surface area contributed by atoms with Crippen LogP contribution in [-0.2, 0) is 9.47 Å². The molecule has 0 aliphatic heterocycles. The van der Waals surface area contributed by atoms with E-state index in [-0.39, 0.29) is 36.8 Å². The van der Waals surface area contributed by atoms with Gasteiger partial charge in [0.1, 0.15) is 16.0 Å². The van der Waals surface area contributed by atoms with Crippen LogP contribution in [0.25, 0.3) is 0 Å². The fourth-order valence-electron chi connectivity index (χ4n) is 1.55. The predicted molar refractivity (Wildman–Crippen MR) is 93.7 cm³/mol. The van der Waals surface area contributed by atoms with Crippen molar-refractivity contribution in [1.29, 1.82) is 0 Å². The predicted octanol–water partition coefficient (Wildman–Crippen LogP) is 2.05. The molecular weight excluding hydrogens is 349 g/mol. The topological polar surface area (TPSA) is 72.5 Å². The van der Waals surface area contributed by atoms with E-state index in [1.54, 1.807) is 13.3 Å². The Labute approximate surface area is 148 Å². The van der Waals surface area contributed by atoms with E-state index in [1.807, 2.05) is 13.8 Å². The van der Waals surface area contributed by atoms with Gasteiger partial charge in [0.2, 0.25) is 0 Å². The molecule has 1 amide bonds. The Bertz CT molecular complexity index is 408. The summed E-state index contributed by atoms with van der Waals surface area (Å²) in [4.78, 5) is 16.7. The number of methoxy groups -OCH3 is 1. The molecule has 0 aromatic carbocycles. The fraction of sp³-hybridized carbons (Fsp3) is 0.692. The van der Waals surface area contributed by atoms with Crippen LogP contribution >= 0.6 is 36.2 Å². The maximum absolute atomic E-state index is 11.9. The lowest BCUT2D eigenvalue weighted by Gasteiger charge is -2.07. The van der Waals surface area contributed by atoms with Gasteiger partial charge < -0.3 is 20.1 Å². The van der Waals surface area contributed by atoms with Crippen LogP contribution < -0.4 is 10.6 Å². The monoisotopic (exact) mass is 373 g/mol. The molecule has 1 aromatic rings. The van der Waals surface area contributed by atoms with Gasteiger partial charge in [0.05, 0.1) is 12.8 Å². The Morgan fingerprint density at radius 2 is 2.09 bits per heavy atom. The molecule has 22 heavy (non-hydrogen) atoms. The summed E-state index contributed by atoms with van der Waals surface area (Å²) < 4.78 is 10.4. The molecule has 130 valence electrons. The van der Waals surface area contributed by atoms with E-state index >= 15 is 0 Å². The molecule has 1 aromatic heterocycles. The molecule has 0 aliphatic carbocycles. The number of ether oxygens (including phenoxy) is 2. The van der Waals surface area contributed by atoms with E-state index in [1.165, 1.54) is 11.3 Å². The van der Waals surface area contributed by atoms with E-state index in [4.69, 9.17) is 9.47 Å². The quantitative estimate of drug-likeness (QED) is 0.614. The second kappa shape index (κ2) is 14.2. The summed E-state index contributed by atoms with van der Waals surface area (Å²) >= 11 is 1.37. The van der Waals surface area contributed by atoms with Crippen molar-refractivity contribution >= 4 is 42.1 Å². The number of hydrogen-bond donors (Lipinski definition) is 2. The third-order valence-electron chi connectivity index (χ3n) is 2.58. The molecule has 1 rings (SSSR count). The van der Waals surface area contributed by atoms with Gasteiger partial charge in [0, 0.05) is 33.4 Å². The summed E-state index contributed by atoms with van der Waals surface area (Å²) in [7, 11) is 1.66. The fourth-order valence-corrected chi connectivity index (χ4v) is 2.39. The molecule has 1 heterocycles. The highest BCUT2D eigenvalue weighted by molar-refractivity contribution is 7.13. The zero-order valence-electron chi connectivity index (χ0n) is 13.1. The van der Waals surface area contributed by atoms with E-state index < -0.39 is 0 Å². The molecule has 1 unspecified atom stereocenters. The smallest absolute Gasteiger partial charge is 0.263 e. The van der Waals surface area contributed by atoms with Crippen molar-refractivity contribution in [2.75, 3.05) is 40.0 Å². The minimum absolute atomic E-state index is 0. The van der Waals surface area contributed by atoms with Gasteiger partial charge in [-0.25, -0.2) is 4.98 Å². The van der Waals surface area contributed by atoms with Gasteiger partial charge in [0.15, 0.2) is 0 Å². The Morgan fingerprint density at radius 1 is 1.36 bits per heavy atom. The molecule has 2 N–H and O–H groups in total. The first-order valence-corrected chi connectivity index (χ1v) is 7.55. The number of carbonyl (C=O) groups is 1. The summed E-state index contributed by atoms with van der Waals surface area (Å²) in [6.45, 7) is 7.25. The first-order valence-electron chi connectivity index (χ1n) is 6.74. The lowest BCUT2D eigenvalue weighted by atomic mass is 10.4. The SMILES string of the molecule is CCOC(C)c1ncc(C(=O)NCCNCCOC)s1.Cl.Cl. The summed E-state index contributed by atoms with van der Waals surface area (Å²) in [6, 6.07) is 0. The standard InChI is InChI=1S/C13H23N3O3S.2ClH/c1-4-19-10(2)13-16-9-11(20-13)12(17)15-6-5-14-7-8-18-3;;/h9-10,14H,4-8H2,1-3H3,(H,15,17);2*1H. The Balaban J connectivity index is 0. The van der Waals surface area contributed by atoms with Gasteiger partial charge in [-0.05, 0) is 13.8 Å². The summed E-state index contributed by atoms with van der Waals surface area (Å²) in [5.41, 5.74) is 0. The normalized spacial score (nSPS) is 11.2. The van der Waals surface area contributed by atoms with Crippen LogP contribution in [-0.4, -0.2) is 50.8 Å². The van der Waals surface area contributed by atoms with Crippen LogP contribution in [0.4, 0.5) is 0 Å². The van der Waals surface area contributed by atoms with E-state index in [0.29, 0.717) is 24.6 Å². The van der Waals surface area contributed by atoms with Crippen molar-refractivity contribution in [1.82, 2.24) is 15.6 Å². The third kappa shape index (κ3) is 8.87. The van der Waals surface area contributed by atoms with Crippen LogP contribution in [0.15, 0.2) is 6.20 Å². The lowest BCUT2D eigenvalue weighted by Crippen LogP contribution is -2.32. The molecule has 0 saturated carbocycles. The van der Waals surface area contributed by atoms with Crippen molar-refractivity contribution in [2.45, 2.75) is 20.0 Å². The van der Waals surface area contributed by atoms with E-state index in [2.05, 4.69) is 15.6 Å². The minimum Gasteiger partial charge on any atom is -0.383 e. The van der Waals surface area contributed by atoms with Crippen LogP contribution in [0.2, 0.25) is 0 Å². The molecule has 6 nitrogen and oxygen atoms in total. The number of hydrogen-bond acceptors (Lipinski definition) is 6. The molecule has 0 saturated heterocycles. The summed E-state index contributed by atoms with van der Waals surface area (Å²) in [6.07, 6.45) is 1.53. The molecule has 1 atom stereocenters. The highest BCUT2D eigenvalue weighted by Gasteiger charge is 2.14. The number of carbonyl (C=O) groups excluding carboxylic acids is 1. The summed E-state index contributed by atoms with van der Waals surface area (Å²) in [5.74, 6) is -0.0917. The van der Waals surface area contributed by atoms with Gasteiger partial charge >= 0.3 is 0 Å². The summed E-state index contributed by atoms with van der Waals surface area (Å²) in [5, 5.41) is 6.84. The van der Waals surface area contributed by atoms with Crippen LogP contribution in [0.3, 0.4) is 0 Å². The maximum Gasteiger partial charge on any atom is 0.263 e. The van der Waals surface area contributed by atoms with Gasteiger partial charge in [-0.1, -0.05) is 0 Å². The van der Waals surface area contributed by atoms with E-state index in [9.17, 15) is 4.79 Å². The van der Waals surface area contributed by atoms with Gasteiger partial charge in [0.25, 0.3) is 5.91 Å². The molecule has 0 radical (unpaired) electrons. The Hall–Kier alpha value is -0.440. The maximum atomic E-state index is 11.9. The van der Waals surface area contributed by atoms with Crippen LogP contribution in [0.5, 0.6) is 0 Å². The number of halogens is 2. The minimum atomic E-state index is -0.0917. The Morgan fingerprint density at radius 3 is 2.73 bits per heavy atom. The van der Waals surface area contributed by atoms with Crippen LogP contribution in [0, 0.1) is 0 Å². The second-order valence-corrected chi connectivity index (χ2v) is 5.22. The lowest BCUT2D eigenvalue weighted by molar-refractivity contribution is 0.0762.